The van der Waals surface area contributed by atoms with Gasteiger partial charge in [0.25, 0.3) is 5.91 Å². The fourth-order valence-corrected chi connectivity index (χ4v) is 10.5. The van der Waals surface area contributed by atoms with Crippen LogP contribution in [0.25, 0.3) is 0 Å². The molecule has 3 aliphatic heterocycles. The molecule has 1 spiro atoms. The Morgan fingerprint density at radius 3 is 2.46 bits per heavy atom. The first-order chi connectivity index (χ1) is 18.7. The lowest BCUT2D eigenvalue weighted by molar-refractivity contribution is -0.143. The van der Waals surface area contributed by atoms with Crippen molar-refractivity contribution < 1.29 is 19.5 Å². The third-order valence-corrected chi connectivity index (χ3v) is 11.5. The van der Waals surface area contributed by atoms with Gasteiger partial charge in [0.05, 0.1) is 16.6 Å². The van der Waals surface area contributed by atoms with Crippen molar-refractivity contribution in [2.45, 2.75) is 60.9 Å². The van der Waals surface area contributed by atoms with Crippen molar-refractivity contribution in [1.29, 1.82) is 0 Å². The van der Waals surface area contributed by atoms with Crippen LogP contribution in [0.3, 0.4) is 0 Å². The largest absolute Gasteiger partial charge is 0.396 e. The third kappa shape index (κ3) is 4.99. The van der Waals surface area contributed by atoms with Crippen molar-refractivity contribution in [3.8, 4) is 0 Å². The van der Waals surface area contributed by atoms with Crippen molar-refractivity contribution in [1.82, 2.24) is 9.80 Å². The number of thioether (sulfide) groups is 1. The molecular weight excluding hydrogens is 578 g/mol. The number of anilines is 1. The molecule has 0 aromatic heterocycles. The van der Waals surface area contributed by atoms with Gasteiger partial charge in [-0.25, -0.2) is 0 Å². The van der Waals surface area contributed by atoms with Crippen LogP contribution < -0.4 is 4.90 Å². The molecule has 39 heavy (non-hydrogen) atoms. The molecule has 3 unspecified atom stereocenters. The van der Waals surface area contributed by atoms with Crippen molar-refractivity contribution in [3.05, 3.63) is 54.6 Å². The first-order valence-electron chi connectivity index (χ1n) is 13.8. The first kappa shape index (κ1) is 29.9. The number of para-hydroxylation sites is 1. The molecule has 3 saturated heterocycles. The van der Waals surface area contributed by atoms with E-state index in [9.17, 15) is 19.5 Å². The van der Waals surface area contributed by atoms with E-state index in [1.165, 1.54) is 0 Å². The quantitative estimate of drug-likeness (QED) is 0.282. The summed E-state index contributed by atoms with van der Waals surface area (Å²) >= 11 is 5.49. The van der Waals surface area contributed by atoms with Crippen LogP contribution in [0.5, 0.6) is 0 Å². The molecule has 4 rings (SSSR count). The molecule has 9 heteroatoms. The van der Waals surface area contributed by atoms with E-state index in [2.05, 4.69) is 29.1 Å². The molecule has 0 radical (unpaired) electrons. The van der Waals surface area contributed by atoms with Crippen LogP contribution in [0.4, 0.5) is 5.69 Å². The second kappa shape index (κ2) is 12.2. The zero-order chi connectivity index (χ0) is 28.5. The Hall–Kier alpha value is -2.10. The number of carbonyl (C=O) groups is 3. The Morgan fingerprint density at radius 1 is 1.21 bits per heavy atom. The van der Waals surface area contributed by atoms with Crippen LogP contribution in [0.15, 0.2) is 43.5 Å². The molecule has 3 aliphatic rings. The van der Waals surface area contributed by atoms with Crippen molar-refractivity contribution in [2.24, 2.45) is 11.8 Å². The van der Waals surface area contributed by atoms with Gasteiger partial charge < -0.3 is 19.8 Å². The van der Waals surface area contributed by atoms with Crippen LogP contribution in [0, 0.1) is 25.7 Å². The number of halogens is 1. The van der Waals surface area contributed by atoms with Gasteiger partial charge in [-0.15, -0.1) is 24.9 Å². The summed E-state index contributed by atoms with van der Waals surface area (Å²) in [6.07, 6.45) is 5.24. The lowest BCUT2D eigenvalue weighted by atomic mass is 9.70. The molecule has 7 nitrogen and oxygen atoms in total. The van der Waals surface area contributed by atoms with Gasteiger partial charge in [0.15, 0.2) is 0 Å². The minimum atomic E-state index is -0.743. The Balaban J connectivity index is 1.81. The normalized spacial score (nSPS) is 28.9. The van der Waals surface area contributed by atoms with E-state index in [4.69, 9.17) is 0 Å². The van der Waals surface area contributed by atoms with E-state index < -0.39 is 22.6 Å². The first-order valence-corrected chi connectivity index (χ1v) is 15.6. The number of amides is 3. The van der Waals surface area contributed by atoms with Gasteiger partial charge in [0, 0.05) is 48.6 Å². The number of fused-ring (bicyclic) bond motifs is 1. The molecule has 1 aromatic rings. The average molecular weight is 619 g/mol. The minimum Gasteiger partial charge on any atom is -0.396 e. The van der Waals surface area contributed by atoms with Crippen LogP contribution >= 0.6 is 27.7 Å². The zero-order valence-electron chi connectivity index (χ0n) is 23.1. The van der Waals surface area contributed by atoms with E-state index in [-0.39, 0.29) is 41.0 Å². The van der Waals surface area contributed by atoms with Gasteiger partial charge in [-0.2, -0.15) is 0 Å². The highest BCUT2D eigenvalue weighted by Gasteiger charge is 2.76. The van der Waals surface area contributed by atoms with E-state index >= 15 is 0 Å². The highest BCUT2D eigenvalue weighted by atomic mass is 79.9. The molecule has 3 heterocycles. The molecule has 6 atom stereocenters. The zero-order valence-corrected chi connectivity index (χ0v) is 25.5. The lowest BCUT2D eigenvalue weighted by Crippen LogP contribution is -2.56. The molecule has 3 fully saturated rings. The van der Waals surface area contributed by atoms with E-state index in [1.54, 1.807) is 38.6 Å². The van der Waals surface area contributed by atoms with Crippen LogP contribution in [0.1, 0.15) is 37.3 Å². The Bertz CT molecular complexity index is 1120. The van der Waals surface area contributed by atoms with Crippen molar-refractivity contribution in [2.75, 3.05) is 37.7 Å². The highest BCUT2D eigenvalue weighted by Crippen LogP contribution is 2.68. The van der Waals surface area contributed by atoms with E-state index in [0.717, 1.165) is 23.2 Å². The summed E-state index contributed by atoms with van der Waals surface area (Å²) in [7, 11) is 0. The second-order valence-corrected chi connectivity index (χ2v) is 13.5. The summed E-state index contributed by atoms with van der Waals surface area (Å²) in [6.45, 7) is 15.2. The van der Waals surface area contributed by atoms with E-state index in [0.29, 0.717) is 32.5 Å². The summed E-state index contributed by atoms with van der Waals surface area (Å²) in [4.78, 5) is 48.2. The molecule has 3 amide bonds. The molecular formula is C30H40BrN3O4S. The van der Waals surface area contributed by atoms with Crippen molar-refractivity contribution in [3.63, 3.8) is 0 Å². The Morgan fingerprint density at radius 2 is 1.87 bits per heavy atom. The third-order valence-electron chi connectivity index (χ3n) is 8.31. The standard InChI is InChI=1S/C30H40BrN3O4S/c1-6-13-32(14-7-2)27(36)22-23-28(37)34(16-10-17-35)26(30(23)18-21(31)25(22)39-30)29(38)33(15-8-3)24-19(4)11-9-12-20(24)5/h6,8-9,11-12,21-23,25-26,35H,1,3,7,10,13-18H2,2,4-5H3/t21?,22-,23+,25-,26?,30?/m1/s1. The Labute approximate surface area is 244 Å². The number of nitrogens with zero attached hydrogens (tertiary/aromatic N) is 3. The molecule has 1 N–H and O–H groups in total. The number of hydrogen-bond donors (Lipinski definition) is 1. The number of rotatable bonds is 12. The van der Waals surface area contributed by atoms with Gasteiger partial charge >= 0.3 is 0 Å². The summed E-state index contributed by atoms with van der Waals surface area (Å²) in [5, 5.41) is 9.56. The number of likely N-dealkylation sites (tertiary alicyclic amines) is 1. The fraction of sp³-hybridized carbons (Fsp3) is 0.567. The summed E-state index contributed by atoms with van der Waals surface area (Å²) in [5.41, 5.74) is 2.78. The SMILES string of the molecule is C=CCN(CCC)C(=O)[C@H]1[C@@H]2SC3(CC2Br)C(C(=O)N(CC=C)c2c(C)cccc2C)N(CCCO)C(=O)[C@H]13. The maximum Gasteiger partial charge on any atom is 0.251 e. The smallest absolute Gasteiger partial charge is 0.251 e. The molecule has 2 bridgehead atoms. The van der Waals surface area contributed by atoms with Gasteiger partial charge in [-0.3, -0.25) is 14.4 Å². The summed E-state index contributed by atoms with van der Waals surface area (Å²) in [6, 6.07) is 5.19. The monoisotopic (exact) mass is 617 g/mol. The topological polar surface area (TPSA) is 81.2 Å². The predicted molar refractivity (Wildman–Crippen MR) is 161 cm³/mol. The van der Waals surface area contributed by atoms with Gasteiger partial charge in [-0.05, 0) is 44.2 Å². The van der Waals surface area contributed by atoms with Gasteiger partial charge in [0.1, 0.15) is 6.04 Å². The van der Waals surface area contributed by atoms with Crippen LogP contribution in [-0.2, 0) is 14.4 Å². The fourth-order valence-electron chi connectivity index (χ4n) is 6.90. The Kier molecular flexibility index (Phi) is 9.33. The number of hydrogen-bond acceptors (Lipinski definition) is 5. The van der Waals surface area contributed by atoms with Crippen LogP contribution in [0.2, 0.25) is 0 Å². The van der Waals surface area contributed by atoms with Crippen molar-refractivity contribution >= 4 is 51.1 Å². The minimum absolute atomic E-state index is 0.00820. The van der Waals surface area contributed by atoms with E-state index in [1.807, 2.05) is 39.0 Å². The molecule has 1 aromatic carbocycles. The maximum absolute atomic E-state index is 14.7. The van der Waals surface area contributed by atoms with Gasteiger partial charge in [-0.1, -0.05) is 53.2 Å². The lowest BCUT2D eigenvalue weighted by Gasteiger charge is -2.39. The van der Waals surface area contributed by atoms with Crippen LogP contribution in [-0.4, -0.2) is 86.3 Å². The van der Waals surface area contributed by atoms with Gasteiger partial charge in [0.2, 0.25) is 11.8 Å². The molecule has 0 saturated carbocycles. The molecule has 0 aliphatic carbocycles. The highest BCUT2D eigenvalue weighted by molar-refractivity contribution is 9.09. The number of carbonyl (C=O) groups excluding carboxylic acids is 3. The number of benzene rings is 1. The summed E-state index contributed by atoms with van der Waals surface area (Å²) < 4.78 is -0.731. The number of aliphatic hydroxyl groups is 1. The molecule has 212 valence electrons. The number of alkyl halides is 1. The predicted octanol–water partition coefficient (Wildman–Crippen LogP) is 4.09. The number of aryl methyl sites for hydroxylation is 2. The maximum atomic E-state index is 14.7. The summed E-state index contributed by atoms with van der Waals surface area (Å²) in [5.74, 6) is -1.45. The average Bonchev–Trinajstić information content (AvgIpc) is 3.49. The second-order valence-electron chi connectivity index (χ2n) is 10.8. The number of aliphatic hydroxyl groups excluding tert-OH is 1.